The van der Waals surface area contributed by atoms with Gasteiger partial charge in [0.1, 0.15) is 0 Å². The minimum atomic E-state index is -0.352. The van der Waals surface area contributed by atoms with Crippen LogP contribution in [0.5, 0.6) is 0 Å². The van der Waals surface area contributed by atoms with Gasteiger partial charge in [-0.15, -0.1) is 0 Å². The molecular weight excluding hydrogens is 395 g/mol. The maximum Gasteiger partial charge on any atom is 0.266 e. The molecule has 0 atom stereocenters. The van der Waals surface area contributed by atoms with Gasteiger partial charge in [-0.3, -0.25) is 9.59 Å². The van der Waals surface area contributed by atoms with Gasteiger partial charge in [0.25, 0.3) is 11.8 Å². The highest BCUT2D eigenvalue weighted by Gasteiger charge is 2.37. The summed E-state index contributed by atoms with van der Waals surface area (Å²) in [6.45, 7) is 1.57. The molecule has 6 heteroatoms. The average Bonchev–Trinajstić information content (AvgIpc) is 3.24. The van der Waals surface area contributed by atoms with Crippen molar-refractivity contribution >= 4 is 46.4 Å². The fourth-order valence-electron chi connectivity index (χ4n) is 3.80. The zero-order valence-corrected chi connectivity index (χ0v) is 16.2. The largest absolute Gasteiger partial charge is 0.363 e. The zero-order chi connectivity index (χ0) is 19.4. The molecule has 3 aromatic carbocycles. The lowest BCUT2D eigenvalue weighted by molar-refractivity contribution is 0.0926. The Balaban J connectivity index is 1.49. The number of carbonyl (C=O) groups excluding carboxylic acids is 2. The second-order valence-electron chi connectivity index (χ2n) is 6.90. The number of anilines is 2. The molecule has 28 heavy (non-hydrogen) atoms. The number of amides is 2. The van der Waals surface area contributed by atoms with Crippen molar-refractivity contribution in [3.8, 4) is 0 Å². The van der Waals surface area contributed by atoms with E-state index in [9.17, 15) is 9.59 Å². The number of imide groups is 1. The monoisotopic (exact) mass is 408 g/mol. The van der Waals surface area contributed by atoms with Crippen molar-refractivity contribution in [1.29, 1.82) is 0 Å². The van der Waals surface area contributed by atoms with E-state index in [1.807, 2.05) is 18.2 Å². The SMILES string of the molecule is O=C1c2ccc(N3Cc4ccccc4C3)cc2C(=O)N1c1ccc(Cl)c(Cl)c1. The predicted octanol–water partition coefficient (Wildman–Crippen LogP) is 5.31. The van der Waals surface area contributed by atoms with Crippen LogP contribution in [0.25, 0.3) is 0 Å². The molecule has 2 amide bonds. The normalized spacial score (nSPS) is 15.2. The van der Waals surface area contributed by atoms with Crippen molar-refractivity contribution in [2.45, 2.75) is 13.1 Å². The summed E-state index contributed by atoms with van der Waals surface area (Å²) < 4.78 is 0. The third-order valence-corrected chi connectivity index (χ3v) is 5.98. The molecule has 2 aliphatic heterocycles. The van der Waals surface area contributed by atoms with Crippen molar-refractivity contribution in [2.24, 2.45) is 0 Å². The second kappa shape index (κ2) is 6.36. The summed E-state index contributed by atoms with van der Waals surface area (Å²) in [5.41, 5.74) is 4.70. The van der Waals surface area contributed by atoms with Gasteiger partial charge in [0, 0.05) is 18.8 Å². The predicted molar refractivity (Wildman–Crippen MR) is 110 cm³/mol. The number of rotatable bonds is 2. The fraction of sp³-hybridized carbons (Fsp3) is 0.0909. The fourth-order valence-corrected chi connectivity index (χ4v) is 4.09. The van der Waals surface area contributed by atoms with Gasteiger partial charge in [0.15, 0.2) is 0 Å². The van der Waals surface area contributed by atoms with Crippen LogP contribution < -0.4 is 9.80 Å². The Kier molecular flexibility index (Phi) is 3.93. The number of carbonyl (C=O) groups is 2. The molecule has 2 aliphatic rings. The highest BCUT2D eigenvalue weighted by Crippen LogP contribution is 2.35. The lowest BCUT2D eigenvalue weighted by Crippen LogP contribution is -2.29. The van der Waals surface area contributed by atoms with E-state index in [1.165, 1.54) is 17.2 Å². The van der Waals surface area contributed by atoms with E-state index in [4.69, 9.17) is 23.2 Å². The molecule has 0 fully saturated rings. The summed E-state index contributed by atoms with van der Waals surface area (Å²) in [7, 11) is 0. The van der Waals surface area contributed by atoms with Crippen LogP contribution >= 0.6 is 23.2 Å². The maximum atomic E-state index is 13.0. The van der Waals surface area contributed by atoms with Gasteiger partial charge in [0.05, 0.1) is 26.9 Å². The minimum absolute atomic E-state index is 0.297. The van der Waals surface area contributed by atoms with E-state index in [2.05, 4.69) is 17.0 Å². The Morgan fingerprint density at radius 2 is 1.32 bits per heavy atom. The first-order valence-electron chi connectivity index (χ1n) is 8.82. The van der Waals surface area contributed by atoms with Crippen LogP contribution in [0.4, 0.5) is 11.4 Å². The maximum absolute atomic E-state index is 13.0. The van der Waals surface area contributed by atoms with Crippen LogP contribution in [-0.4, -0.2) is 11.8 Å². The highest BCUT2D eigenvalue weighted by molar-refractivity contribution is 6.42. The molecule has 0 aromatic heterocycles. The van der Waals surface area contributed by atoms with Gasteiger partial charge in [0.2, 0.25) is 0 Å². The van der Waals surface area contributed by atoms with Gasteiger partial charge in [-0.05, 0) is 47.5 Å². The molecule has 3 aromatic rings. The Bertz CT molecular complexity index is 1130. The van der Waals surface area contributed by atoms with Crippen LogP contribution in [-0.2, 0) is 13.1 Å². The first-order chi connectivity index (χ1) is 13.5. The lowest BCUT2D eigenvalue weighted by Gasteiger charge is -2.18. The average molecular weight is 409 g/mol. The number of hydrogen-bond acceptors (Lipinski definition) is 3. The highest BCUT2D eigenvalue weighted by atomic mass is 35.5. The van der Waals surface area contributed by atoms with Crippen LogP contribution in [0.3, 0.4) is 0 Å². The number of benzene rings is 3. The first-order valence-corrected chi connectivity index (χ1v) is 9.58. The van der Waals surface area contributed by atoms with Gasteiger partial charge in [-0.25, -0.2) is 4.90 Å². The molecular formula is C22H14Cl2N2O2. The molecule has 0 N–H and O–H groups in total. The molecule has 0 radical (unpaired) electrons. The topological polar surface area (TPSA) is 40.6 Å². The molecule has 5 rings (SSSR count). The summed E-state index contributed by atoms with van der Waals surface area (Å²) in [6.07, 6.45) is 0. The zero-order valence-electron chi connectivity index (χ0n) is 14.7. The first kappa shape index (κ1) is 17.3. The summed E-state index contributed by atoms with van der Waals surface area (Å²) in [6, 6.07) is 18.4. The van der Waals surface area contributed by atoms with E-state index in [0.717, 1.165) is 23.7 Å². The van der Waals surface area contributed by atoms with Gasteiger partial charge >= 0.3 is 0 Å². The molecule has 0 spiro atoms. The Morgan fingerprint density at radius 3 is 2.00 bits per heavy atom. The number of halogens is 2. The van der Waals surface area contributed by atoms with Crippen LogP contribution in [0.2, 0.25) is 10.0 Å². The Hall–Kier alpha value is -2.82. The van der Waals surface area contributed by atoms with Crippen LogP contribution in [0.1, 0.15) is 31.8 Å². The summed E-state index contributed by atoms with van der Waals surface area (Å²) in [5, 5.41) is 0.671. The lowest BCUT2D eigenvalue weighted by atomic mass is 10.1. The quantitative estimate of drug-likeness (QED) is 0.539. The van der Waals surface area contributed by atoms with Gasteiger partial charge in [-0.2, -0.15) is 0 Å². The Morgan fingerprint density at radius 1 is 0.679 bits per heavy atom. The summed E-state index contributed by atoms with van der Waals surface area (Å²) in [4.78, 5) is 29.2. The molecule has 2 heterocycles. The standard InChI is InChI=1S/C22H14Cl2N2O2/c23-19-8-6-16(10-20(19)24)26-21(27)17-7-5-15(9-18(17)22(26)28)25-11-13-3-1-2-4-14(13)12-25/h1-10H,11-12H2. The van der Waals surface area contributed by atoms with E-state index in [0.29, 0.717) is 26.9 Å². The van der Waals surface area contributed by atoms with Crippen molar-refractivity contribution in [3.63, 3.8) is 0 Å². The van der Waals surface area contributed by atoms with Crippen molar-refractivity contribution in [3.05, 3.63) is 93.0 Å². The van der Waals surface area contributed by atoms with Gasteiger partial charge < -0.3 is 4.90 Å². The van der Waals surface area contributed by atoms with E-state index < -0.39 is 0 Å². The molecule has 0 aliphatic carbocycles. The summed E-state index contributed by atoms with van der Waals surface area (Å²) in [5.74, 6) is -0.702. The molecule has 0 bridgehead atoms. The van der Waals surface area contributed by atoms with E-state index >= 15 is 0 Å². The molecule has 4 nitrogen and oxygen atoms in total. The van der Waals surface area contributed by atoms with E-state index in [1.54, 1.807) is 24.3 Å². The number of hydrogen-bond donors (Lipinski definition) is 0. The minimum Gasteiger partial charge on any atom is -0.363 e. The number of fused-ring (bicyclic) bond motifs is 2. The molecule has 138 valence electrons. The van der Waals surface area contributed by atoms with Crippen molar-refractivity contribution in [2.75, 3.05) is 9.80 Å². The molecule has 0 saturated carbocycles. The van der Waals surface area contributed by atoms with Crippen LogP contribution in [0, 0.1) is 0 Å². The Labute approximate surface area is 171 Å². The van der Waals surface area contributed by atoms with E-state index in [-0.39, 0.29) is 11.8 Å². The van der Waals surface area contributed by atoms with Gasteiger partial charge in [-0.1, -0.05) is 47.5 Å². The third-order valence-electron chi connectivity index (χ3n) is 5.24. The molecule has 0 saturated heterocycles. The van der Waals surface area contributed by atoms with Crippen LogP contribution in [0.15, 0.2) is 60.7 Å². The second-order valence-corrected chi connectivity index (χ2v) is 7.71. The third kappa shape index (κ3) is 2.60. The smallest absolute Gasteiger partial charge is 0.266 e. The van der Waals surface area contributed by atoms with Crippen molar-refractivity contribution in [1.82, 2.24) is 0 Å². The van der Waals surface area contributed by atoms with Crippen molar-refractivity contribution < 1.29 is 9.59 Å². The number of nitrogens with zero attached hydrogens (tertiary/aromatic N) is 2. The molecule has 0 unspecified atom stereocenters. The summed E-state index contributed by atoms with van der Waals surface area (Å²) >= 11 is 12.0.